The molecule has 1 aromatic rings. The van der Waals surface area contributed by atoms with Crippen LogP contribution in [-0.4, -0.2) is 31.9 Å². The van der Waals surface area contributed by atoms with Crippen LogP contribution in [0, 0.1) is 0 Å². The lowest BCUT2D eigenvalue weighted by Crippen LogP contribution is -2.08. The maximum Gasteiger partial charge on any atom is 0.338 e. The molecule has 94 valence electrons. The Morgan fingerprint density at radius 3 is 2.41 bits per heavy atom. The molecule has 6 heteroatoms. The number of ether oxygens (including phenoxy) is 3. The molecule has 3 N–H and O–H groups in total. The number of hydrogen-bond donors (Lipinski definition) is 2. The minimum Gasteiger partial charge on any atom is -0.493 e. The van der Waals surface area contributed by atoms with Gasteiger partial charge in [-0.25, -0.2) is 4.79 Å². The SMILES string of the molecule is CCOc1c(N)c(C(=O)O)cc(OC)c1OC. The highest BCUT2D eigenvalue weighted by Gasteiger charge is 2.22. The van der Waals surface area contributed by atoms with Crippen LogP contribution in [0.15, 0.2) is 6.07 Å². The van der Waals surface area contributed by atoms with Gasteiger partial charge in [0.2, 0.25) is 5.75 Å². The molecule has 0 saturated carbocycles. The van der Waals surface area contributed by atoms with Crippen LogP contribution >= 0.6 is 0 Å². The van der Waals surface area contributed by atoms with Crippen LogP contribution in [0.2, 0.25) is 0 Å². The van der Waals surface area contributed by atoms with Gasteiger partial charge in [0, 0.05) is 6.07 Å². The van der Waals surface area contributed by atoms with Crippen molar-refractivity contribution in [3.63, 3.8) is 0 Å². The zero-order valence-corrected chi connectivity index (χ0v) is 9.94. The van der Waals surface area contributed by atoms with Crippen LogP contribution in [-0.2, 0) is 0 Å². The molecule has 17 heavy (non-hydrogen) atoms. The molecule has 0 aliphatic carbocycles. The number of nitrogen functional groups attached to an aromatic ring is 1. The van der Waals surface area contributed by atoms with E-state index in [1.165, 1.54) is 20.3 Å². The third-order valence-corrected chi connectivity index (χ3v) is 2.18. The second kappa shape index (κ2) is 5.29. The third kappa shape index (κ3) is 2.35. The van der Waals surface area contributed by atoms with Gasteiger partial charge in [0.1, 0.15) is 0 Å². The van der Waals surface area contributed by atoms with E-state index >= 15 is 0 Å². The Morgan fingerprint density at radius 1 is 1.35 bits per heavy atom. The van der Waals surface area contributed by atoms with Gasteiger partial charge in [-0.05, 0) is 6.92 Å². The first-order valence-corrected chi connectivity index (χ1v) is 4.97. The van der Waals surface area contributed by atoms with Crippen molar-refractivity contribution in [1.82, 2.24) is 0 Å². The van der Waals surface area contributed by atoms with Gasteiger partial charge in [-0.1, -0.05) is 0 Å². The Hall–Kier alpha value is -2.11. The zero-order valence-electron chi connectivity index (χ0n) is 9.94. The lowest BCUT2D eigenvalue weighted by molar-refractivity contribution is 0.0697. The number of hydrogen-bond acceptors (Lipinski definition) is 5. The van der Waals surface area contributed by atoms with E-state index in [9.17, 15) is 4.79 Å². The van der Waals surface area contributed by atoms with E-state index in [1.807, 2.05) is 0 Å². The standard InChI is InChI=1S/C11H15NO5/c1-4-17-10-8(12)6(11(13)14)5-7(15-2)9(10)16-3/h5H,4,12H2,1-3H3,(H,13,14). The summed E-state index contributed by atoms with van der Waals surface area (Å²) in [5, 5.41) is 9.01. The first-order chi connectivity index (χ1) is 8.06. The summed E-state index contributed by atoms with van der Waals surface area (Å²) < 4.78 is 15.5. The Labute approximate surface area is 98.9 Å². The summed E-state index contributed by atoms with van der Waals surface area (Å²) in [6.07, 6.45) is 0. The van der Waals surface area contributed by atoms with E-state index in [0.29, 0.717) is 6.61 Å². The normalized spacial score (nSPS) is 9.82. The molecular formula is C11H15NO5. The molecule has 0 aromatic heterocycles. The molecule has 0 radical (unpaired) electrons. The number of nitrogens with two attached hydrogens (primary N) is 1. The highest BCUT2D eigenvalue weighted by Crippen LogP contribution is 2.43. The molecule has 0 atom stereocenters. The van der Waals surface area contributed by atoms with Crippen LogP contribution in [0.3, 0.4) is 0 Å². The van der Waals surface area contributed by atoms with Gasteiger partial charge < -0.3 is 25.1 Å². The molecule has 0 aliphatic rings. The Bertz CT molecular complexity index is 430. The van der Waals surface area contributed by atoms with Gasteiger partial charge in [0.15, 0.2) is 11.5 Å². The summed E-state index contributed by atoms with van der Waals surface area (Å²) in [6, 6.07) is 1.30. The van der Waals surface area contributed by atoms with Crippen molar-refractivity contribution in [2.24, 2.45) is 0 Å². The number of carboxylic acids is 1. The van der Waals surface area contributed by atoms with Crippen molar-refractivity contribution in [3.8, 4) is 17.2 Å². The van der Waals surface area contributed by atoms with Crippen molar-refractivity contribution in [1.29, 1.82) is 0 Å². The number of rotatable bonds is 5. The van der Waals surface area contributed by atoms with E-state index in [4.69, 9.17) is 25.1 Å². The van der Waals surface area contributed by atoms with Crippen molar-refractivity contribution < 1.29 is 24.1 Å². The lowest BCUT2D eigenvalue weighted by Gasteiger charge is -2.16. The predicted molar refractivity (Wildman–Crippen MR) is 62.1 cm³/mol. The van der Waals surface area contributed by atoms with Gasteiger partial charge in [-0.3, -0.25) is 0 Å². The molecule has 0 heterocycles. The molecule has 6 nitrogen and oxygen atoms in total. The van der Waals surface area contributed by atoms with Crippen molar-refractivity contribution in [3.05, 3.63) is 11.6 Å². The van der Waals surface area contributed by atoms with Gasteiger partial charge in [-0.15, -0.1) is 0 Å². The zero-order chi connectivity index (χ0) is 13.0. The van der Waals surface area contributed by atoms with Crippen LogP contribution < -0.4 is 19.9 Å². The molecular weight excluding hydrogens is 226 g/mol. The number of benzene rings is 1. The van der Waals surface area contributed by atoms with Gasteiger partial charge in [0.05, 0.1) is 32.1 Å². The molecule has 1 aromatic carbocycles. The quantitative estimate of drug-likeness (QED) is 0.757. The average molecular weight is 241 g/mol. The van der Waals surface area contributed by atoms with Crippen LogP contribution in [0.4, 0.5) is 5.69 Å². The number of aromatic carboxylic acids is 1. The number of anilines is 1. The number of carbonyl (C=O) groups is 1. The minimum atomic E-state index is -1.15. The van der Waals surface area contributed by atoms with E-state index in [2.05, 4.69) is 0 Å². The highest BCUT2D eigenvalue weighted by atomic mass is 16.5. The largest absolute Gasteiger partial charge is 0.493 e. The summed E-state index contributed by atoms with van der Waals surface area (Å²) in [5.74, 6) is -0.407. The first-order valence-electron chi connectivity index (χ1n) is 4.97. The Kier molecular flexibility index (Phi) is 4.03. The summed E-state index contributed by atoms with van der Waals surface area (Å²) in [5.41, 5.74) is 5.68. The summed E-state index contributed by atoms with van der Waals surface area (Å²) >= 11 is 0. The van der Waals surface area contributed by atoms with Crippen LogP contribution in [0.1, 0.15) is 17.3 Å². The van der Waals surface area contributed by atoms with Crippen LogP contribution in [0.25, 0.3) is 0 Å². The second-order valence-corrected chi connectivity index (χ2v) is 3.14. The smallest absolute Gasteiger partial charge is 0.338 e. The summed E-state index contributed by atoms with van der Waals surface area (Å²) in [7, 11) is 2.84. The Balaban J connectivity index is 3.50. The van der Waals surface area contributed by atoms with Gasteiger partial charge >= 0.3 is 5.97 Å². The average Bonchev–Trinajstić information content (AvgIpc) is 2.31. The van der Waals surface area contributed by atoms with Crippen molar-refractivity contribution in [2.45, 2.75) is 6.92 Å². The monoisotopic (exact) mass is 241 g/mol. The summed E-state index contributed by atoms with van der Waals surface area (Å²) in [4.78, 5) is 11.0. The van der Waals surface area contributed by atoms with E-state index in [0.717, 1.165) is 0 Å². The number of methoxy groups -OCH3 is 2. The van der Waals surface area contributed by atoms with E-state index < -0.39 is 5.97 Å². The van der Waals surface area contributed by atoms with Gasteiger partial charge in [0.25, 0.3) is 0 Å². The molecule has 0 bridgehead atoms. The molecule has 0 spiro atoms. The van der Waals surface area contributed by atoms with Gasteiger partial charge in [-0.2, -0.15) is 0 Å². The van der Waals surface area contributed by atoms with Crippen LogP contribution in [0.5, 0.6) is 17.2 Å². The molecule has 0 unspecified atom stereocenters. The Morgan fingerprint density at radius 2 is 2.00 bits per heavy atom. The predicted octanol–water partition coefficient (Wildman–Crippen LogP) is 1.38. The fourth-order valence-electron chi connectivity index (χ4n) is 1.44. The summed E-state index contributed by atoms with van der Waals surface area (Å²) in [6.45, 7) is 2.10. The first kappa shape index (κ1) is 13.0. The topological polar surface area (TPSA) is 91.0 Å². The molecule has 0 fully saturated rings. The minimum absolute atomic E-state index is 0.0250. The van der Waals surface area contributed by atoms with E-state index in [-0.39, 0.29) is 28.5 Å². The van der Waals surface area contributed by atoms with E-state index in [1.54, 1.807) is 6.92 Å². The second-order valence-electron chi connectivity index (χ2n) is 3.14. The van der Waals surface area contributed by atoms with Crippen molar-refractivity contribution >= 4 is 11.7 Å². The number of carboxylic acid groups (broad SMARTS) is 1. The fraction of sp³-hybridized carbons (Fsp3) is 0.364. The maximum atomic E-state index is 11.0. The molecule has 1 rings (SSSR count). The molecule has 0 aliphatic heterocycles. The van der Waals surface area contributed by atoms with Crippen molar-refractivity contribution in [2.75, 3.05) is 26.6 Å². The fourth-order valence-corrected chi connectivity index (χ4v) is 1.44. The lowest BCUT2D eigenvalue weighted by atomic mass is 10.1. The third-order valence-electron chi connectivity index (χ3n) is 2.18. The molecule has 0 saturated heterocycles. The maximum absolute atomic E-state index is 11.0. The highest BCUT2D eigenvalue weighted by molar-refractivity contribution is 5.97. The molecule has 0 amide bonds.